The van der Waals surface area contributed by atoms with Crippen LogP contribution in [-0.2, 0) is 0 Å². The minimum atomic E-state index is 0.0586. The van der Waals surface area contributed by atoms with Gasteiger partial charge in [0.15, 0.2) is 0 Å². The van der Waals surface area contributed by atoms with Crippen LogP contribution in [-0.4, -0.2) is 36.6 Å². The molecular formula is C14H29N3O. The molecule has 1 fully saturated rings. The van der Waals surface area contributed by atoms with E-state index in [1.54, 1.807) is 0 Å². The second-order valence-corrected chi connectivity index (χ2v) is 5.60. The molecule has 4 heteroatoms. The highest BCUT2D eigenvalue weighted by Gasteiger charge is 2.21. The number of carbonyl (C=O) groups excluding carboxylic acids is 1. The van der Waals surface area contributed by atoms with E-state index in [1.807, 2.05) is 4.90 Å². The molecule has 0 saturated carbocycles. The van der Waals surface area contributed by atoms with Gasteiger partial charge in [-0.05, 0) is 24.7 Å². The second kappa shape index (κ2) is 7.62. The molecular weight excluding hydrogens is 226 g/mol. The summed E-state index contributed by atoms with van der Waals surface area (Å²) in [5.74, 6) is 1.26. The third kappa shape index (κ3) is 4.48. The lowest BCUT2D eigenvalue weighted by Crippen LogP contribution is -2.48. The molecule has 1 saturated heterocycles. The molecule has 1 unspecified atom stereocenters. The van der Waals surface area contributed by atoms with Crippen molar-refractivity contribution in [2.24, 2.45) is 17.6 Å². The minimum Gasteiger partial charge on any atom is -0.336 e. The first-order valence-electron chi connectivity index (χ1n) is 7.36. The number of amides is 2. The molecule has 0 aromatic rings. The van der Waals surface area contributed by atoms with Crippen molar-refractivity contribution in [3.05, 3.63) is 0 Å². The Labute approximate surface area is 111 Å². The lowest BCUT2D eigenvalue weighted by atomic mass is 9.95. The van der Waals surface area contributed by atoms with Crippen molar-refractivity contribution in [1.82, 2.24) is 10.2 Å². The standard InChI is InChI=1S/C14H29N3O/c1-4-12(5-2)13(15)10-16-14(18)17-8-6-11(3)7-9-17/h11-13H,4-10,15H2,1-3H3,(H,16,18). The number of piperidine rings is 1. The smallest absolute Gasteiger partial charge is 0.317 e. The van der Waals surface area contributed by atoms with Crippen LogP contribution in [0.5, 0.6) is 0 Å². The number of likely N-dealkylation sites (tertiary alicyclic amines) is 1. The highest BCUT2D eigenvalue weighted by Crippen LogP contribution is 2.16. The summed E-state index contributed by atoms with van der Waals surface area (Å²) in [5, 5.41) is 2.98. The van der Waals surface area contributed by atoms with E-state index in [4.69, 9.17) is 5.73 Å². The van der Waals surface area contributed by atoms with Crippen LogP contribution in [0.2, 0.25) is 0 Å². The molecule has 0 bridgehead atoms. The Balaban J connectivity index is 2.28. The molecule has 1 aliphatic heterocycles. The quantitative estimate of drug-likeness (QED) is 0.791. The van der Waals surface area contributed by atoms with E-state index in [2.05, 4.69) is 26.1 Å². The zero-order valence-electron chi connectivity index (χ0n) is 12.1. The van der Waals surface area contributed by atoms with Crippen molar-refractivity contribution in [3.8, 4) is 0 Å². The molecule has 1 aliphatic rings. The van der Waals surface area contributed by atoms with Gasteiger partial charge in [-0.25, -0.2) is 4.79 Å². The molecule has 0 aliphatic carbocycles. The molecule has 0 aromatic heterocycles. The zero-order valence-corrected chi connectivity index (χ0v) is 12.1. The van der Waals surface area contributed by atoms with E-state index in [-0.39, 0.29) is 12.1 Å². The first-order valence-corrected chi connectivity index (χ1v) is 7.36. The Bertz CT molecular complexity index is 245. The first kappa shape index (κ1) is 15.3. The van der Waals surface area contributed by atoms with Crippen molar-refractivity contribution < 1.29 is 4.79 Å². The number of nitrogens with one attached hydrogen (secondary N) is 1. The monoisotopic (exact) mass is 255 g/mol. The number of rotatable bonds is 5. The fraction of sp³-hybridized carbons (Fsp3) is 0.929. The predicted molar refractivity (Wildman–Crippen MR) is 75.4 cm³/mol. The van der Waals surface area contributed by atoms with Crippen LogP contribution in [0.4, 0.5) is 4.79 Å². The highest BCUT2D eigenvalue weighted by atomic mass is 16.2. The summed E-state index contributed by atoms with van der Waals surface area (Å²) in [6, 6.07) is 0.135. The molecule has 0 spiro atoms. The number of urea groups is 1. The molecule has 1 rings (SSSR count). The maximum atomic E-state index is 12.0. The Morgan fingerprint density at radius 2 is 1.89 bits per heavy atom. The Morgan fingerprint density at radius 1 is 1.33 bits per heavy atom. The molecule has 1 atom stereocenters. The van der Waals surface area contributed by atoms with Gasteiger partial charge in [-0.15, -0.1) is 0 Å². The molecule has 3 N–H and O–H groups in total. The van der Waals surface area contributed by atoms with Gasteiger partial charge in [-0.1, -0.05) is 33.6 Å². The van der Waals surface area contributed by atoms with Crippen LogP contribution in [0.15, 0.2) is 0 Å². The van der Waals surface area contributed by atoms with Gasteiger partial charge in [-0.3, -0.25) is 0 Å². The van der Waals surface area contributed by atoms with Gasteiger partial charge in [0.2, 0.25) is 0 Å². The molecule has 18 heavy (non-hydrogen) atoms. The number of carbonyl (C=O) groups is 1. The Hall–Kier alpha value is -0.770. The van der Waals surface area contributed by atoms with Gasteiger partial charge in [0.1, 0.15) is 0 Å². The van der Waals surface area contributed by atoms with Crippen LogP contribution >= 0.6 is 0 Å². The Morgan fingerprint density at radius 3 is 2.39 bits per heavy atom. The summed E-state index contributed by atoms with van der Waals surface area (Å²) in [6.07, 6.45) is 4.39. The lowest BCUT2D eigenvalue weighted by molar-refractivity contribution is 0.172. The van der Waals surface area contributed by atoms with Gasteiger partial charge in [0, 0.05) is 25.7 Å². The van der Waals surface area contributed by atoms with Gasteiger partial charge in [-0.2, -0.15) is 0 Å². The summed E-state index contributed by atoms with van der Waals surface area (Å²) in [7, 11) is 0. The first-order chi connectivity index (χ1) is 8.58. The van der Waals surface area contributed by atoms with E-state index >= 15 is 0 Å². The van der Waals surface area contributed by atoms with Gasteiger partial charge >= 0.3 is 6.03 Å². The highest BCUT2D eigenvalue weighted by molar-refractivity contribution is 5.74. The molecule has 1 heterocycles. The minimum absolute atomic E-state index is 0.0586. The summed E-state index contributed by atoms with van der Waals surface area (Å²) >= 11 is 0. The summed E-state index contributed by atoms with van der Waals surface area (Å²) in [6.45, 7) is 8.92. The average Bonchev–Trinajstić information content (AvgIpc) is 2.38. The van der Waals surface area contributed by atoms with E-state index < -0.39 is 0 Å². The van der Waals surface area contributed by atoms with Crippen molar-refractivity contribution >= 4 is 6.03 Å². The van der Waals surface area contributed by atoms with Crippen LogP contribution in [0, 0.1) is 11.8 Å². The third-order valence-electron chi connectivity index (χ3n) is 4.21. The summed E-state index contributed by atoms with van der Waals surface area (Å²) in [5.41, 5.74) is 6.11. The van der Waals surface area contributed by atoms with Crippen molar-refractivity contribution in [3.63, 3.8) is 0 Å². The molecule has 106 valence electrons. The van der Waals surface area contributed by atoms with E-state index in [1.165, 1.54) is 0 Å². The van der Waals surface area contributed by atoms with E-state index in [0.717, 1.165) is 44.7 Å². The fourth-order valence-corrected chi connectivity index (χ4v) is 2.59. The number of nitrogens with two attached hydrogens (primary N) is 1. The number of nitrogens with zero attached hydrogens (tertiary/aromatic N) is 1. The SMILES string of the molecule is CCC(CC)C(N)CNC(=O)N1CCC(C)CC1. The van der Waals surface area contributed by atoms with Gasteiger partial charge < -0.3 is 16.0 Å². The topological polar surface area (TPSA) is 58.4 Å². The maximum Gasteiger partial charge on any atom is 0.317 e. The van der Waals surface area contributed by atoms with Crippen molar-refractivity contribution in [2.45, 2.75) is 52.5 Å². The third-order valence-corrected chi connectivity index (χ3v) is 4.21. The number of hydrogen-bond acceptors (Lipinski definition) is 2. The normalized spacial score (nSPS) is 19.1. The lowest BCUT2D eigenvalue weighted by Gasteiger charge is -2.31. The van der Waals surface area contributed by atoms with Gasteiger partial charge in [0.25, 0.3) is 0 Å². The molecule has 0 radical (unpaired) electrons. The Kier molecular flexibility index (Phi) is 6.47. The van der Waals surface area contributed by atoms with Crippen LogP contribution in [0.25, 0.3) is 0 Å². The number of hydrogen-bond donors (Lipinski definition) is 2. The van der Waals surface area contributed by atoms with Crippen LogP contribution < -0.4 is 11.1 Å². The van der Waals surface area contributed by atoms with E-state index in [9.17, 15) is 4.79 Å². The second-order valence-electron chi connectivity index (χ2n) is 5.60. The van der Waals surface area contributed by atoms with Crippen molar-refractivity contribution in [2.75, 3.05) is 19.6 Å². The fourth-order valence-electron chi connectivity index (χ4n) is 2.59. The van der Waals surface area contributed by atoms with Crippen molar-refractivity contribution in [1.29, 1.82) is 0 Å². The van der Waals surface area contributed by atoms with Crippen LogP contribution in [0.3, 0.4) is 0 Å². The summed E-state index contributed by atoms with van der Waals surface area (Å²) < 4.78 is 0. The van der Waals surface area contributed by atoms with Gasteiger partial charge in [0.05, 0.1) is 0 Å². The van der Waals surface area contributed by atoms with Crippen LogP contribution in [0.1, 0.15) is 46.5 Å². The predicted octanol–water partition coefficient (Wildman–Crippen LogP) is 2.19. The zero-order chi connectivity index (χ0) is 13.5. The molecule has 4 nitrogen and oxygen atoms in total. The summed E-state index contributed by atoms with van der Waals surface area (Å²) in [4.78, 5) is 13.9. The maximum absolute atomic E-state index is 12.0. The largest absolute Gasteiger partial charge is 0.336 e. The average molecular weight is 255 g/mol. The molecule has 0 aromatic carbocycles. The van der Waals surface area contributed by atoms with E-state index in [0.29, 0.717) is 12.5 Å². The molecule has 2 amide bonds.